The molecular weight excluding hydrogens is 459 g/mol. The number of benzene rings is 1. The summed E-state index contributed by atoms with van der Waals surface area (Å²) >= 11 is 0. The molecule has 0 aliphatic carbocycles. The zero-order chi connectivity index (χ0) is 25.8. The van der Waals surface area contributed by atoms with Crippen molar-refractivity contribution >= 4 is 28.9 Å². The van der Waals surface area contributed by atoms with E-state index in [4.69, 9.17) is 11.5 Å². The second-order valence-electron chi connectivity index (χ2n) is 8.07. The highest BCUT2D eigenvalue weighted by atomic mass is 19.4. The van der Waals surface area contributed by atoms with E-state index in [0.29, 0.717) is 39.5 Å². The van der Waals surface area contributed by atoms with Crippen molar-refractivity contribution in [3.05, 3.63) is 72.7 Å². The van der Waals surface area contributed by atoms with Crippen LogP contribution in [0, 0.1) is 5.92 Å². The number of urea groups is 1. The number of nitrogens with two attached hydrogens (primary N) is 2. The number of pyridine rings is 1. The van der Waals surface area contributed by atoms with Crippen LogP contribution >= 0.6 is 0 Å². The molecule has 3 aromatic rings. The summed E-state index contributed by atoms with van der Waals surface area (Å²) in [6.07, 6.45) is 0.550. The number of aromatic nitrogens is 2. The second kappa shape index (κ2) is 10.3. The van der Waals surface area contributed by atoms with Crippen LogP contribution in [0.3, 0.4) is 0 Å². The summed E-state index contributed by atoms with van der Waals surface area (Å²) in [6.45, 7) is 6.45. The number of hydrogen-bond donors (Lipinski definition) is 4. The predicted molar refractivity (Wildman–Crippen MR) is 131 cm³/mol. The Hall–Kier alpha value is -4.28. The van der Waals surface area contributed by atoms with E-state index in [0.717, 1.165) is 0 Å². The van der Waals surface area contributed by atoms with Gasteiger partial charge in [-0.2, -0.15) is 13.2 Å². The molecule has 3 rings (SSSR count). The van der Waals surface area contributed by atoms with Gasteiger partial charge in [-0.15, -0.1) is 0 Å². The maximum atomic E-state index is 12.3. The first-order valence-corrected chi connectivity index (χ1v) is 10.6. The third-order valence-corrected chi connectivity index (χ3v) is 4.96. The van der Waals surface area contributed by atoms with Crippen LogP contribution in [0.25, 0.3) is 22.6 Å². The van der Waals surface area contributed by atoms with Crippen molar-refractivity contribution in [3.63, 3.8) is 0 Å². The minimum absolute atomic E-state index is 0.139. The lowest BCUT2D eigenvalue weighted by molar-refractivity contribution is -0.122. The molecule has 35 heavy (non-hydrogen) atoms. The van der Waals surface area contributed by atoms with Crippen molar-refractivity contribution in [2.45, 2.75) is 20.0 Å². The predicted octanol–water partition coefficient (Wildman–Crippen LogP) is 4.51. The Kier molecular flexibility index (Phi) is 7.48. The average molecular weight is 486 g/mol. The number of anilines is 1. The smallest absolute Gasteiger partial charge is 0.402 e. The standard InChI is InChI=1S/C24H26F3N7O/c1-14(2)19(28)11-21(29)32-15(3)16-7-8-34-20(12-30-22(34)10-16)17-5-4-6-18(9-17)33-23(35)31-13-24(25,26)27/h4-12,14H,3,13,28H2,1-2H3,(H2,29,32)(H2,31,33,35)/b19-11-. The summed E-state index contributed by atoms with van der Waals surface area (Å²) in [7, 11) is 0. The highest BCUT2D eigenvalue weighted by Crippen LogP contribution is 2.25. The first-order valence-electron chi connectivity index (χ1n) is 10.6. The van der Waals surface area contributed by atoms with Gasteiger partial charge in [-0.05, 0) is 36.3 Å². The number of halogens is 3. The fourth-order valence-electron chi connectivity index (χ4n) is 3.08. The fourth-order valence-corrected chi connectivity index (χ4v) is 3.08. The highest BCUT2D eigenvalue weighted by molar-refractivity contribution is 5.96. The fraction of sp³-hybridized carbons (Fsp3) is 0.208. The van der Waals surface area contributed by atoms with Crippen LogP contribution in [0.15, 0.2) is 72.1 Å². The number of carbonyl (C=O) groups excluding carboxylic acids is 1. The van der Waals surface area contributed by atoms with Crippen LogP contribution in [-0.4, -0.2) is 34.0 Å². The van der Waals surface area contributed by atoms with Gasteiger partial charge < -0.3 is 22.1 Å². The first kappa shape index (κ1) is 25.3. The number of hydrogen-bond acceptors (Lipinski definition) is 4. The minimum Gasteiger partial charge on any atom is -0.402 e. The number of nitrogens with one attached hydrogen (secondary N) is 2. The number of carbonyl (C=O) groups is 1. The molecule has 2 amide bonds. The Morgan fingerprint density at radius 2 is 2.00 bits per heavy atom. The van der Waals surface area contributed by atoms with Crippen LogP contribution in [0.5, 0.6) is 0 Å². The molecule has 0 atom stereocenters. The number of aliphatic imine (C=N–C) groups is 1. The van der Waals surface area contributed by atoms with Gasteiger partial charge in [0.05, 0.1) is 17.6 Å². The maximum Gasteiger partial charge on any atom is 0.405 e. The summed E-state index contributed by atoms with van der Waals surface area (Å²) < 4.78 is 38.7. The molecule has 2 heterocycles. The van der Waals surface area contributed by atoms with Gasteiger partial charge in [0.25, 0.3) is 0 Å². The second-order valence-corrected chi connectivity index (χ2v) is 8.07. The molecule has 6 N–H and O–H groups in total. The Bertz CT molecular complexity index is 1310. The van der Waals surface area contributed by atoms with Gasteiger partial charge in [-0.3, -0.25) is 4.40 Å². The largest absolute Gasteiger partial charge is 0.405 e. The van der Waals surface area contributed by atoms with Crippen molar-refractivity contribution in [3.8, 4) is 11.3 Å². The Morgan fingerprint density at radius 1 is 1.26 bits per heavy atom. The lowest BCUT2D eigenvalue weighted by Crippen LogP contribution is -2.36. The number of amidine groups is 1. The molecule has 0 aliphatic rings. The quantitative estimate of drug-likeness (QED) is 0.290. The Balaban J connectivity index is 1.80. The summed E-state index contributed by atoms with van der Waals surface area (Å²) in [5.41, 5.74) is 16.0. The van der Waals surface area contributed by atoms with Crippen molar-refractivity contribution < 1.29 is 18.0 Å². The molecule has 0 spiro atoms. The molecule has 1 aromatic carbocycles. The molecule has 0 radical (unpaired) electrons. The van der Waals surface area contributed by atoms with Gasteiger partial charge in [0.2, 0.25) is 0 Å². The van der Waals surface area contributed by atoms with Gasteiger partial charge in [-0.25, -0.2) is 14.8 Å². The normalized spacial score (nSPS) is 12.7. The molecule has 8 nitrogen and oxygen atoms in total. The zero-order valence-electron chi connectivity index (χ0n) is 19.2. The molecular formula is C24H26F3N7O. The molecule has 0 unspecified atom stereocenters. The Labute approximate surface area is 200 Å². The molecule has 11 heteroatoms. The number of alkyl halides is 3. The number of fused-ring (bicyclic) bond motifs is 1. The maximum absolute atomic E-state index is 12.3. The summed E-state index contributed by atoms with van der Waals surface area (Å²) in [5, 5.41) is 4.17. The molecule has 0 bridgehead atoms. The summed E-state index contributed by atoms with van der Waals surface area (Å²) in [6, 6.07) is 9.34. The minimum atomic E-state index is -4.49. The summed E-state index contributed by atoms with van der Waals surface area (Å²) in [5.74, 6) is 0.383. The molecule has 0 saturated heterocycles. The molecule has 0 saturated carbocycles. The van der Waals surface area contributed by atoms with Crippen molar-refractivity contribution in [2.75, 3.05) is 11.9 Å². The van der Waals surface area contributed by atoms with Crippen LogP contribution in [0.1, 0.15) is 19.4 Å². The zero-order valence-corrected chi connectivity index (χ0v) is 19.2. The van der Waals surface area contributed by atoms with Gasteiger partial charge in [-0.1, -0.05) is 32.6 Å². The van der Waals surface area contributed by atoms with Gasteiger partial charge >= 0.3 is 12.2 Å². The average Bonchev–Trinajstić information content (AvgIpc) is 3.20. The summed E-state index contributed by atoms with van der Waals surface area (Å²) in [4.78, 5) is 20.5. The SMILES string of the molecule is C=C(N=C(N)/C=C(\N)C(C)C)c1ccn2c(-c3cccc(NC(=O)NCC(F)(F)F)c3)cnc2c1. The lowest BCUT2D eigenvalue weighted by atomic mass is 10.1. The van der Waals surface area contributed by atoms with E-state index < -0.39 is 18.8 Å². The number of nitrogens with zero attached hydrogens (tertiary/aromatic N) is 3. The topological polar surface area (TPSA) is 123 Å². The Morgan fingerprint density at radius 3 is 2.69 bits per heavy atom. The van der Waals surface area contributed by atoms with Crippen LogP contribution in [0.4, 0.5) is 23.7 Å². The van der Waals surface area contributed by atoms with Crippen molar-refractivity contribution in [2.24, 2.45) is 22.4 Å². The van der Waals surface area contributed by atoms with Crippen LogP contribution < -0.4 is 22.1 Å². The number of imidazole rings is 1. The molecule has 2 aromatic heterocycles. The van der Waals surface area contributed by atoms with E-state index in [-0.39, 0.29) is 11.8 Å². The van der Waals surface area contributed by atoms with Crippen molar-refractivity contribution in [1.29, 1.82) is 0 Å². The lowest BCUT2D eigenvalue weighted by Gasteiger charge is -2.11. The third kappa shape index (κ3) is 6.85. The third-order valence-electron chi connectivity index (χ3n) is 4.96. The van der Waals surface area contributed by atoms with E-state index >= 15 is 0 Å². The van der Waals surface area contributed by atoms with Crippen LogP contribution in [-0.2, 0) is 0 Å². The monoisotopic (exact) mass is 485 g/mol. The van der Waals surface area contributed by atoms with E-state index in [1.807, 2.05) is 18.2 Å². The van der Waals surface area contributed by atoms with E-state index in [9.17, 15) is 18.0 Å². The van der Waals surface area contributed by atoms with E-state index in [1.54, 1.807) is 60.2 Å². The first-order chi connectivity index (χ1) is 16.4. The van der Waals surface area contributed by atoms with E-state index in [2.05, 4.69) is 21.9 Å². The number of allylic oxidation sites excluding steroid dienone is 1. The highest BCUT2D eigenvalue weighted by Gasteiger charge is 2.27. The van der Waals surface area contributed by atoms with Gasteiger partial charge in [0.1, 0.15) is 18.0 Å². The molecule has 184 valence electrons. The number of rotatable bonds is 7. The molecule has 0 aliphatic heterocycles. The molecule has 0 fully saturated rings. The van der Waals surface area contributed by atoms with Gasteiger partial charge in [0.15, 0.2) is 0 Å². The van der Waals surface area contributed by atoms with E-state index in [1.165, 1.54) is 0 Å². The van der Waals surface area contributed by atoms with Crippen LogP contribution in [0.2, 0.25) is 0 Å². The van der Waals surface area contributed by atoms with Gasteiger partial charge in [0, 0.05) is 28.7 Å². The number of amides is 2. The van der Waals surface area contributed by atoms with Crippen molar-refractivity contribution in [1.82, 2.24) is 14.7 Å².